The Balaban J connectivity index is 1.51. The molecule has 1 N–H and O–H groups in total. The predicted molar refractivity (Wildman–Crippen MR) is 93.6 cm³/mol. The fourth-order valence-electron chi connectivity index (χ4n) is 2.61. The largest absolute Gasteiger partial charge is 0.458 e. The van der Waals surface area contributed by atoms with Gasteiger partial charge in [0.15, 0.2) is 0 Å². The van der Waals surface area contributed by atoms with Gasteiger partial charge in [0, 0.05) is 25.5 Å². The zero-order valence-corrected chi connectivity index (χ0v) is 14.8. The summed E-state index contributed by atoms with van der Waals surface area (Å²) in [6, 6.07) is 10.1. The molecule has 0 saturated carbocycles. The fourth-order valence-corrected chi connectivity index (χ4v) is 2.82. The number of hydrogen-bond donors (Lipinski definition) is 1. The van der Waals surface area contributed by atoms with Crippen molar-refractivity contribution in [3.05, 3.63) is 52.8 Å². The predicted octanol–water partition coefficient (Wildman–Crippen LogP) is 2.99. The lowest BCUT2D eigenvalue weighted by atomic mass is 10.1. The van der Waals surface area contributed by atoms with Gasteiger partial charge in [-0.2, -0.15) is 0 Å². The van der Waals surface area contributed by atoms with E-state index in [0.29, 0.717) is 19.1 Å². The normalized spacial score (nSPS) is 17.4. The van der Waals surface area contributed by atoms with Crippen LogP contribution in [0.2, 0.25) is 0 Å². The van der Waals surface area contributed by atoms with Crippen LogP contribution < -0.4 is 10.1 Å². The molecule has 3 rings (SSSR count). The lowest BCUT2D eigenvalue weighted by molar-refractivity contribution is 0.0937. The smallest absolute Gasteiger partial charge is 0.317 e. The number of ether oxygens (including phenoxy) is 1. The zero-order valence-electron chi connectivity index (χ0n) is 13.2. The van der Waals surface area contributed by atoms with Gasteiger partial charge in [0.2, 0.25) is 0 Å². The van der Waals surface area contributed by atoms with Gasteiger partial charge in [-0.25, -0.2) is 14.8 Å². The molecule has 1 aromatic carbocycles. The van der Waals surface area contributed by atoms with Crippen LogP contribution in [0, 0.1) is 0 Å². The highest BCUT2D eigenvalue weighted by molar-refractivity contribution is 9.10. The number of piperidine rings is 1. The number of nitrogens with one attached hydrogen (secondary N) is 1. The van der Waals surface area contributed by atoms with E-state index in [1.807, 2.05) is 30.3 Å². The second kappa shape index (κ2) is 8.10. The maximum atomic E-state index is 12.3. The lowest BCUT2D eigenvalue weighted by Crippen LogP contribution is -2.48. The van der Waals surface area contributed by atoms with Crippen LogP contribution in [-0.2, 0) is 6.54 Å². The van der Waals surface area contributed by atoms with Gasteiger partial charge < -0.3 is 15.0 Å². The van der Waals surface area contributed by atoms with Crippen molar-refractivity contribution >= 4 is 22.0 Å². The molecule has 0 aliphatic carbocycles. The molecule has 0 radical (unpaired) electrons. The molecule has 1 atom stereocenters. The molecule has 2 heterocycles. The standard InChI is InChI=1S/C17H19BrN4O2/c18-14-10-19-16(20-11-14)24-15-7-4-8-22(12-15)17(23)21-9-13-5-2-1-3-6-13/h1-3,5-6,10-11,15H,4,7-9,12H2,(H,21,23)/t15-/m1/s1. The summed E-state index contributed by atoms with van der Waals surface area (Å²) in [5.74, 6) is 0. The minimum atomic E-state index is -0.0811. The molecule has 24 heavy (non-hydrogen) atoms. The Morgan fingerprint density at radius 2 is 2.04 bits per heavy atom. The Hall–Kier alpha value is -2.15. The Morgan fingerprint density at radius 3 is 2.79 bits per heavy atom. The topological polar surface area (TPSA) is 67.4 Å². The van der Waals surface area contributed by atoms with Gasteiger partial charge in [0.1, 0.15) is 6.10 Å². The third-order valence-electron chi connectivity index (χ3n) is 3.82. The molecule has 1 aliphatic heterocycles. The summed E-state index contributed by atoms with van der Waals surface area (Å²) in [4.78, 5) is 22.4. The van der Waals surface area contributed by atoms with Crippen molar-refractivity contribution in [2.75, 3.05) is 13.1 Å². The van der Waals surface area contributed by atoms with Gasteiger partial charge in [-0.1, -0.05) is 30.3 Å². The highest BCUT2D eigenvalue weighted by atomic mass is 79.9. The highest BCUT2D eigenvalue weighted by Gasteiger charge is 2.25. The van der Waals surface area contributed by atoms with E-state index in [-0.39, 0.29) is 12.1 Å². The van der Waals surface area contributed by atoms with Crippen LogP contribution in [0.15, 0.2) is 47.2 Å². The number of rotatable bonds is 4. The Bertz CT molecular complexity index is 666. The number of nitrogens with zero attached hydrogens (tertiary/aromatic N) is 3. The van der Waals surface area contributed by atoms with Crippen molar-refractivity contribution in [3.8, 4) is 6.01 Å². The van der Waals surface area contributed by atoms with E-state index in [1.54, 1.807) is 17.3 Å². The van der Waals surface area contributed by atoms with Gasteiger partial charge in [0.25, 0.3) is 0 Å². The average molecular weight is 391 g/mol. The monoisotopic (exact) mass is 390 g/mol. The Morgan fingerprint density at radius 1 is 1.29 bits per heavy atom. The van der Waals surface area contributed by atoms with Crippen LogP contribution >= 0.6 is 15.9 Å². The number of amides is 2. The van der Waals surface area contributed by atoms with Crippen molar-refractivity contribution in [1.29, 1.82) is 0 Å². The molecular weight excluding hydrogens is 372 g/mol. The van der Waals surface area contributed by atoms with Crippen LogP contribution in [0.5, 0.6) is 6.01 Å². The van der Waals surface area contributed by atoms with Gasteiger partial charge >= 0.3 is 12.0 Å². The number of likely N-dealkylation sites (tertiary alicyclic amines) is 1. The van der Waals surface area contributed by atoms with E-state index in [0.717, 1.165) is 29.4 Å². The average Bonchev–Trinajstić information content (AvgIpc) is 2.63. The van der Waals surface area contributed by atoms with E-state index in [2.05, 4.69) is 31.2 Å². The summed E-state index contributed by atoms with van der Waals surface area (Å²) in [6.07, 6.45) is 5.01. The molecule has 7 heteroatoms. The quantitative estimate of drug-likeness (QED) is 0.870. The number of carbonyl (C=O) groups excluding carboxylic acids is 1. The van der Waals surface area contributed by atoms with Crippen LogP contribution in [0.25, 0.3) is 0 Å². The molecule has 1 aliphatic rings. The summed E-state index contributed by atoms with van der Waals surface area (Å²) in [6.45, 7) is 1.80. The molecule has 1 fully saturated rings. The third-order valence-corrected chi connectivity index (χ3v) is 4.23. The summed E-state index contributed by atoms with van der Waals surface area (Å²) >= 11 is 3.29. The van der Waals surface area contributed by atoms with Crippen molar-refractivity contribution < 1.29 is 9.53 Å². The summed E-state index contributed by atoms with van der Waals surface area (Å²) in [7, 11) is 0. The molecule has 1 saturated heterocycles. The SMILES string of the molecule is O=C(NCc1ccccc1)N1CCC[C@@H](Oc2ncc(Br)cn2)C1. The van der Waals surface area contributed by atoms with E-state index < -0.39 is 0 Å². The zero-order chi connectivity index (χ0) is 16.8. The van der Waals surface area contributed by atoms with Crippen molar-refractivity contribution in [2.24, 2.45) is 0 Å². The second-order valence-corrected chi connectivity index (χ2v) is 6.57. The number of aromatic nitrogens is 2. The van der Waals surface area contributed by atoms with Crippen LogP contribution in [-0.4, -0.2) is 40.1 Å². The molecule has 2 amide bonds. The lowest BCUT2D eigenvalue weighted by Gasteiger charge is -2.32. The van der Waals surface area contributed by atoms with Crippen LogP contribution in [0.1, 0.15) is 18.4 Å². The maximum Gasteiger partial charge on any atom is 0.317 e. The van der Waals surface area contributed by atoms with Gasteiger partial charge in [-0.05, 0) is 34.3 Å². The van der Waals surface area contributed by atoms with E-state index >= 15 is 0 Å². The number of benzene rings is 1. The van der Waals surface area contributed by atoms with Crippen LogP contribution in [0.4, 0.5) is 4.79 Å². The molecule has 0 spiro atoms. The number of urea groups is 1. The number of carbonyl (C=O) groups is 1. The van der Waals surface area contributed by atoms with Crippen molar-refractivity contribution in [3.63, 3.8) is 0 Å². The van der Waals surface area contributed by atoms with E-state index in [9.17, 15) is 4.79 Å². The minimum absolute atomic E-state index is 0.0659. The summed E-state index contributed by atoms with van der Waals surface area (Å²) in [5, 5.41) is 2.95. The van der Waals surface area contributed by atoms with Crippen molar-refractivity contribution in [2.45, 2.75) is 25.5 Å². The first-order valence-electron chi connectivity index (χ1n) is 7.91. The second-order valence-electron chi connectivity index (χ2n) is 5.66. The molecular formula is C17H19BrN4O2. The molecule has 2 aromatic rings. The van der Waals surface area contributed by atoms with E-state index in [1.165, 1.54) is 0 Å². The van der Waals surface area contributed by atoms with Crippen molar-refractivity contribution in [1.82, 2.24) is 20.2 Å². The van der Waals surface area contributed by atoms with Gasteiger partial charge in [0.05, 0.1) is 11.0 Å². The Kier molecular flexibility index (Phi) is 5.63. The minimum Gasteiger partial charge on any atom is -0.458 e. The molecule has 6 nitrogen and oxygen atoms in total. The maximum absolute atomic E-state index is 12.3. The summed E-state index contributed by atoms with van der Waals surface area (Å²) in [5.41, 5.74) is 1.08. The first-order chi connectivity index (χ1) is 11.7. The van der Waals surface area contributed by atoms with Gasteiger partial charge in [-0.15, -0.1) is 0 Å². The van der Waals surface area contributed by atoms with Gasteiger partial charge in [-0.3, -0.25) is 0 Å². The van der Waals surface area contributed by atoms with Crippen LogP contribution in [0.3, 0.4) is 0 Å². The molecule has 126 valence electrons. The number of hydrogen-bond acceptors (Lipinski definition) is 4. The first-order valence-corrected chi connectivity index (χ1v) is 8.71. The first kappa shape index (κ1) is 16.7. The molecule has 0 unspecified atom stereocenters. The fraction of sp³-hybridized carbons (Fsp3) is 0.353. The highest BCUT2D eigenvalue weighted by Crippen LogP contribution is 2.16. The third kappa shape index (κ3) is 4.67. The molecule has 1 aromatic heterocycles. The summed E-state index contributed by atoms with van der Waals surface area (Å²) < 4.78 is 6.59. The number of halogens is 1. The Labute approximate surface area is 149 Å². The molecule has 0 bridgehead atoms. The van der Waals surface area contributed by atoms with E-state index in [4.69, 9.17) is 4.74 Å².